The van der Waals surface area contributed by atoms with Crippen molar-refractivity contribution in [2.24, 2.45) is 0 Å². The SMILES string of the molecule is CCCOc1cccc(C(=O)C(=Cc2ccc3c(c2)OCO3)C(=O)O)c1. The lowest BCUT2D eigenvalue weighted by Gasteiger charge is -2.07. The largest absolute Gasteiger partial charge is 0.494 e. The van der Waals surface area contributed by atoms with Gasteiger partial charge in [0.2, 0.25) is 6.79 Å². The number of ether oxygens (including phenoxy) is 3. The van der Waals surface area contributed by atoms with Crippen LogP contribution in [-0.2, 0) is 4.79 Å². The van der Waals surface area contributed by atoms with Crippen molar-refractivity contribution in [1.29, 1.82) is 0 Å². The Kier molecular flexibility index (Phi) is 5.22. The average Bonchev–Trinajstić information content (AvgIpc) is 3.11. The van der Waals surface area contributed by atoms with Crippen LogP contribution in [0.15, 0.2) is 48.0 Å². The molecule has 0 saturated carbocycles. The number of benzene rings is 2. The van der Waals surface area contributed by atoms with Crippen molar-refractivity contribution < 1.29 is 28.9 Å². The lowest BCUT2D eigenvalue weighted by atomic mass is 10.0. The van der Waals surface area contributed by atoms with E-state index in [4.69, 9.17) is 14.2 Å². The molecule has 1 aliphatic rings. The fourth-order valence-electron chi connectivity index (χ4n) is 2.50. The molecule has 26 heavy (non-hydrogen) atoms. The highest BCUT2D eigenvalue weighted by Crippen LogP contribution is 2.33. The second-order valence-electron chi connectivity index (χ2n) is 5.68. The van der Waals surface area contributed by atoms with Crippen LogP contribution in [0.5, 0.6) is 17.2 Å². The van der Waals surface area contributed by atoms with Gasteiger partial charge in [-0.1, -0.05) is 25.1 Å². The first-order valence-electron chi connectivity index (χ1n) is 8.20. The monoisotopic (exact) mass is 354 g/mol. The van der Waals surface area contributed by atoms with Gasteiger partial charge in [-0.05, 0) is 42.3 Å². The summed E-state index contributed by atoms with van der Waals surface area (Å²) in [6.45, 7) is 2.62. The van der Waals surface area contributed by atoms with Gasteiger partial charge in [-0.2, -0.15) is 0 Å². The molecule has 6 heteroatoms. The molecule has 0 unspecified atom stereocenters. The molecule has 134 valence electrons. The van der Waals surface area contributed by atoms with Gasteiger partial charge < -0.3 is 19.3 Å². The number of hydrogen-bond donors (Lipinski definition) is 1. The minimum absolute atomic E-state index is 0.123. The molecule has 0 aromatic heterocycles. The molecule has 0 spiro atoms. The molecule has 3 rings (SSSR count). The highest BCUT2D eigenvalue weighted by Gasteiger charge is 2.21. The number of rotatable bonds is 7. The van der Waals surface area contributed by atoms with Crippen LogP contribution in [0.2, 0.25) is 0 Å². The van der Waals surface area contributed by atoms with Gasteiger partial charge >= 0.3 is 5.97 Å². The van der Waals surface area contributed by atoms with Gasteiger partial charge in [-0.15, -0.1) is 0 Å². The Morgan fingerprint density at radius 3 is 2.73 bits per heavy atom. The van der Waals surface area contributed by atoms with Crippen LogP contribution in [-0.4, -0.2) is 30.3 Å². The summed E-state index contributed by atoms with van der Waals surface area (Å²) in [6, 6.07) is 11.5. The first-order valence-corrected chi connectivity index (χ1v) is 8.20. The van der Waals surface area contributed by atoms with Crippen LogP contribution in [0.4, 0.5) is 0 Å². The minimum atomic E-state index is -1.30. The van der Waals surface area contributed by atoms with Crippen LogP contribution < -0.4 is 14.2 Å². The number of hydrogen-bond acceptors (Lipinski definition) is 5. The minimum Gasteiger partial charge on any atom is -0.494 e. The Morgan fingerprint density at radius 2 is 1.96 bits per heavy atom. The number of carbonyl (C=O) groups is 2. The predicted octanol–water partition coefficient (Wildman–Crippen LogP) is 3.56. The van der Waals surface area contributed by atoms with E-state index in [2.05, 4.69) is 0 Å². The fraction of sp³-hybridized carbons (Fsp3) is 0.200. The number of aliphatic carboxylic acids is 1. The van der Waals surface area contributed by atoms with E-state index < -0.39 is 11.8 Å². The van der Waals surface area contributed by atoms with Crippen LogP contribution >= 0.6 is 0 Å². The maximum Gasteiger partial charge on any atom is 0.339 e. The summed E-state index contributed by atoms with van der Waals surface area (Å²) >= 11 is 0. The third-order valence-electron chi connectivity index (χ3n) is 3.75. The first-order chi connectivity index (χ1) is 12.6. The average molecular weight is 354 g/mol. The molecule has 0 fully saturated rings. The zero-order valence-electron chi connectivity index (χ0n) is 14.2. The lowest BCUT2D eigenvalue weighted by Crippen LogP contribution is -2.12. The van der Waals surface area contributed by atoms with Gasteiger partial charge in [0, 0.05) is 5.56 Å². The van der Waals surface area contributed by atoms with E-state index in [1.54, 1.807) is 42.5 Å². The summed E-state index contributed by atoms with van der Waals surface area (Å²) in [5, 5.41) is 9.49. The molecule has 0 radical (unpaired) electrons. The number of carbonyl (C=O) groups excluding carboxylic acids is 1. The van der Waals surface area contributed by atoms with Gasteiger partial charge in [-0.3, -0.25) is 4.79 Å². The van der Waals surface area contributed by atoms with E-state index in [0.717, 1.165) is 6.42 Å². The molecule has 6 nitrogen and oxygen atoms in total. The second kappa shape index (κ2) is 7.74. The fourth-order valence-corrected chi connectivity index (χ4v) is 2.50. The van der Waals surface area contributed by atoms with Gasteiger partial charge in [0.1, 0.15) is 11.3 Å². The van der Waals surface area contributed by atoms with Crippen LogP contribution in [0.3, 0.4) is 0 Å². The molecule has 0 saturated heterocycles. The van der Waals surface area contributed by atoms with Gasteiger partial charge in [-0.25, -0.2) is 4.79 Å². The maximum absolute atomic E-state index is 12.7. The summed E-state index contributed by atoms with van der Waals surface area (Å²) in [5.74, 6) is -0.243. The third kappa shape index (κ3) is 3.85. The summed E-state index contributed by atoms with van der Waals surface area (Å²) < 4.78 is 16.0. The number of Topliss-reactive ketones (excluding diaryl/α,β-unsaturated/α-hetero) is 1. The van der Waals surface area contributed by atoms with Gasteiger partial charge in [0.15, 0.2) is 17.3 Å². The van der Waals surface area contributed by atoms with E-state index in [1.165, 1.54) is 6.08 Å². The standard InChI is InChI=1S/C20H18O6/c1-2-8-24-15-5-3-4-14(11-15)19(21)16(20(22)23)9-13-6-7-17-18(10-13)26-12-25-17/h3-7,9-11H,2,8,12H2,1H3,(H,22,23). The first kappa shape index (κ1) is 17.5. The Balaban J connectivity index is 1.90. The molecular formula is C20H18O6. The Morgan fingerprint density at radius 1 is 1.15 bits per heavy atom. The smallest absolute Gasteiger partial charge is 0.339 e. The molecule has 2 aromatic carbocycles. The van der Waals surface area contributed by atoms with Crippen LogP contribution in [0.1, 0.15) is 29.3 Å². The zero-order valence-corrected chi connectivity index (χ0v) is 14.2. The zero-order chi connectivity index (χ0) is 18.5. The van der Waals surface area contributed by atoms with Gasteiger partial charge in [0.05, 0.1) is 6.61 Å². The van der Waals surface area contributed by atoms with Crippen molar-refractivity contribution in [1.82, 2.24) is 0 Å². The summed E-state index contributed by atoms with van der Waals surface area (Å²) in [4.78, 5) is 24.3. The molecule has 0 atom stereocenters. The van der Waals surface area contributed by atoms with Crippen molar-refractivity contribution in [3.8, 4) is 17.2 Å². The third-order valence-corrected chi connectivity index (χ3v) is 3.75. The van der Waals surface area contributed by atoms with E-state index in [-0.39, 0.29) is 17.9 Å². The summed E-state index contributed by atoms with van der Waals surface area (Å²) in [5.41, 5.74) is 0.461. The molecule has 1 N–H and O–H groups in total. The molecule has 0 aliphatic carbocycles. The highest BCUT2D eigenvalue weighted by molar-refractivity contribution is 6.26. The number of carboxylic acid groups (broad SMARTS) is 1. The van der Waals surface area contributed by atoms with Crippen molar-refractivity contribution in [2.45, 2.75) is 13.3 Å². The Labute approximate surface area is 150 Å². The molecule has 2 aromatic rings. The van der Waals surface area contributed by atoms with Crippen molar-refractivity contribution in [2.75, 3.05) is 13.4 Å². The van der Waals surface area contributed by atoms with Crippen molar-refractivity contribution >= 4 is 17.8 Å². The number of carboxylic acids is 1. The molecule has 0 amide bonds. The Hall–Kier alpha value is -3.28. The molecule has 0 bridgehead atoms. The lowest BCUT2D eigenvalue weighted by molar-refractivity contribution is -0.132. The van der Waals surface area contributed by atoms with E-state index in [0.29, 0.717) is 29.4 Å². The van der Waals surface area contributed by atoms with E-state index in [1.807, 2.05) is 6.92 Å². The van der Waals surface area contributed by atoms with Crippen LogP contribution in [0.25, 0.3) is 6.08 Å². The maximum atomic E-state index is 12.7. The molecule has 1 aliphatic heterocycles. The van der Waals surface area contributed by atoms with Crippen molar-refractivity contribution in [3.63, 3.8) is 0 Å². The number of ketones is 1. The summed E-state index contributed by atoms with van der Waals surface area (Å²) in [7, 11) is 0. The second-order valence-corrected chi connectivity index (χ2v) is 5.68. The molecular weight excluding hydrogens is 336 g/mol. The highest BCUT2D eigenvalue weighted by atomic mass is 16.7. The number of fused-ring (bicyclic) bond motifs is 1. The molecule has 1 heterocycles. The normalized spacial score (nSPS) is 12.7. The van der Waals surface area contributed by atoms with Crippen molar-refractivity contribution in [3.05, 3.63) is 59.2 Å². The topological polar surface area (TPSA) is 82.1 Å². The van der Waals surface area contributed by atoms with E-state index in [9.17, 15) is 14.7 Å². The summed E-state index contributed by atoms with van der Waals surface area (Å²) in [6.07, 6.45) is 2.16. The van der Waals surface area contributed by atoms with Crippen LogP contribution in [0, 0.1) is 0 Å². The predicted molar refractivity (Wildman–Crippen MR) is 94.7 cm³/mol. The Bertz CT molecular complexity index is 868. The van der Waals surface area contributed by atoms with E-state index >= 15 is 0 Å². The quantitative estimate of drug-likeness (QED) is 0.354. The van der Waals surface area contributed by atoms with Gasteiger partial charge in [0.25, 0.3) is 0 Å².